The van der Waals surface area contributed by atoms with Gasteiger partial charge in [0.25, 0.3) is 0 Å². The number of hydrogen-bond acceptors (Lipinski definition) is 3. The summed E-state index contributed by atoms with van der Waals surface area (Å²) in [6.45, 7) is 5.07. The van der Waals surface area contributed by atoms with E-state index in [4.69, 9.17) is 5.26 Å². The van der Waals surface area contributed by atoms with Crippen molar-refractivity contribution >= 4 is 5.91 Å². The topological polar surface area (TPSA) is 56.1 Å². The van der Waals surface area contributed by atoms with E-state index in [0.717, 1.165) is 0 Å². The molecule has 0 aliphatic heterocycles. The number of rotatable bonds is 6. The van der Waals surface area contributed by atoms with Crippen LogP contribution in [0, 0.1) is 11.3 Å². The minimum atomic E-state index is 0.0842. The summed E-state index contributed by atoms with van der Waals surface area (Å²) in [5.74, 6) is 0.0842. The van der Waals surface area contributed by atoms with Gasteiger partial charge in [0.15, 0.2) is 0 Å². The van der Waals surface area contributed by atoms with E-state index < -0.39 is 0 Å². The predicted molar refractivity (Wildman–Crippen MR) is 67.3 cm³/mol. The molecule has 4 heteroatoms. The van der Waals surface area contributed by atoms with E-state index in [1.54, 1.807) is 0 Å². The van der Waals surface area contributed by atoms with Crippen molar-refractivity contribution in [1.82, 2.24) is 10.2 Å². The molecular formula is C13H23N3O. The lowest BCUT2D eigenvalue weighted by Gasteiger charge is -2.25. The highest BCUT2D eigenvalue weighted by atomic mass is 16.1. The van der Waals surface area contributed by atoms with Crippen LogP contribution in [-0.2, 0) is 4.79 Å². The molecule has 96 valence electrons. The van der Waals surface area contributed by atoms with Gasteiger partial charge < -0.3 is 5.32 Å². The van der Waals surface area contributed by atoms with Crippen LogP contribution < -0.4 is 5.32 Å². The number of carbonyl (C=O) groups is 1. The molecule has 0 aromatic carbocycles. The standard InChI is InChI=1S/C13H23N3O/c1-11(2)15-13(17)7-9-16(10-8-14)12-5-3-4-6-12/h11-12H,3-7,9-10H2,1-2H3,(H,15,17). The molecule has 4 nitrogen and oxygen atoms in total. The summed E-state index contributed by atoms with van der Waals surface area (Å²) in [5, 5.41) is 11.7. The molecule has 0 unspecified atom stereocenters. The summed E-state index contributed by atoms with van der Waals surface area (Å²) in [4.78, 5) is 13.7. The maximum atomic E-state index is 11.6. The molecule has 1 fully saturated rings. The molecule has 0 spiro atoms. The fourth-order valence-corrected chi connectivity index (χ4v) is 2.39. The summed E-state index contributed by atoms with van der Waals surface area (Å²) in [7, 11) is 0. The predicted octanol–water partition coefficient (Wildman–Crippen LogP) is 1.67. The van der Waals surface area contributed by atoms with E-state index in [1.165, 1.54) is 25.7 Å². The van der Waals surface area contributed by atoms with E-state index in [2.05, 4.69) is 16.3 Å². The average molecular weight is 237 g/mol. The molecule has 1 saturated carbocycles. The summed E-state index contributed by atoms with van der Waals surface area (Å²) < 4.78 is 0. The van der Waals surface area contributed by atoms with Crippen LogP contribution in [0.3, 0.4) is 0 Å². The van der Waals surface area contributed by atoms with Crippen LogP contribution in [0.2, 0.25) is 0 Å². The van der Waals surface area contributed by atoms with Crippen molar-refractivity contribution < 1.29 is 4.79 Å². The average Bonchev–Trinajstić information content (AvgIpc) is 2.76. The first-order chi connectivity index (χ1) is 8.13. The third kappa shape index (κ3) is 5.18. The summed E-state index contributed by atoms with van der Waals surface area (Å²) in [6, 6.07) is 2.91. The smallest absolute Gasteiger partial charge is 0.221 e. The van der Waals surface area contributed by atoms with Gasteiger partial charge in [0.05, 0.1) is 12.6 Å². The lowest BCUT2D eigenvalue weighted by atomic mass is 10.2. The van der Waals surface area contributed by atoms with E-state index in [-0.39, 0.29) is 11.9 Å². The number of nitriles is 1. The molecule has 0 atom stereocenters. The maximum absolute atomic E-state index is 11.6. The highest BCUT2D eigenvalue weighted by molar-refractivity contribution is 5.76. The van der Waals surface area contributed by atoms with Gasteiger partial charge in [-0.1, -0.05) is 12.8 Å². The summed E-state index contributed by atoms with van der Waals surface area (Å²) in [6.07, 6.45) is 5.35. The van der Waals surface area contributed by atoms with Gasteiger partial charge in [0.2, 0.25) is 5.91 Å². The molecular weight excluding hydrogens is 214 g/mol. The Labute approximate surface area is 104 Å². The molecule has 0 heterocycles. The van der Waals surface area contributed by atoms with Gasteiger partial charge in [-0.15, -0.1) is 0 Å². The molecule has 0 aromatic rings. The maximum Gasteiger partial charge on any atom is 0.221 e. The minimum Gasteiger partial charge on any atom is -0.354 e. The number of carbonyl (C=O) groups excluding carboxylic acids is 1. The van der Waals surface area contributed by atoms with Crippen molar-refractivity contribution in [2.24, 2.45) is 0 Å². The van der Waals surface area contributed by atoms with Crippen molar-refractivity contribution in [2.75, 3.05) is 13.1 Å². The molecule has 1 N–H and O–H groups in total. The fourth-order valence-electron chi connectivity index (χ4n) is 2.39. The highest BCUT2D eigenvalue weighted by Crippen LogP contribution is 2.23. The van der Waals surface area contributed by atoms with E-state index >= 15 is 0 Å². The van der Waals surface area contributed by atoms with E-state index in [0.29, 0.717) is 25.6 Å². The van der Waals surface area contributed by atoms with Crippen LogP contribution in [0.4, 0.5) is 0 Å². The summed E-state index contributed by atoms with van der Waals surface area (Å²) in [5.41, 5.74) is 0. The normalized spacial score (nSPS) is 16.4. The highest BCUT2D eigenvalue weighted by Gasteiger charge is 2.22. The lowest BCUT2D eigenvalue weighted by Crippen LogP contribution is -2.38. The van der Waals surface area contributed by atoms with Gasteiger partial charge in [-0.05, 0) is 26.7 Å². The van der Waals surface area contributed by atoms with E-state index in [1.807, 2.05) is 13.8 Å². The Balaban J connectivity index is 2.34. The van der Waals surface area contributed by atoms with Crippen LogP contribution in [-0.4, -0.2) is 36.0 Å². The Kier molecular flexibility index (Phi) is 5.99. The Morgan fingerprint density at radius 2 is 2.12 bits per heavy atom. The second-order valence-electron chi connectivity index (χ2n) is 5.04. The zero-order chi connectivity index (χ0) is 12.7. The van der Waals surface area contributed by atoms with Crippen LogP contribution in [0.1, 0.15) is 46.0 Å². The van der Waals surface area contributed by atoms with Gasteiger partial charge in [-0.2, -0.15) is 5.26 Å². The molecule has 1 rings (SSSR count). The molecule has 0 bridgehead atoms. The first-order valence-corrected chi connectivity index (χ1v) is 6.54. The van der Waals surface area contributed by atoms with Crippen molar-refractivity contribution in [3.05, 3.63) is 0 Å². The van der Waals surface area contributed by atoms with Gasteiger partial charge in [-0.25, -0.2) is 0 Å². The Bertz CT molecular complexity index is 277. The van der Waals surface area contributed by atoms with Gasteiger partial charge in [0.1, 0.15) is 0 Å². The van der Waals surface area contributed by atoms with Crippen molar-refractivity contribution in [3.8, 4) is 6.07 Å². The quantitative estimate of drug-likeness (QED) is 0.715. The van der Waals surface area contributed by atoms with Crippen molar-refractivity contribution in [3.63, 3.8) is 0 Å². The number of nitrogens with one attached hydrogen (secondary N) is 1. The Morgan fingerprint density at radius 1 is 1.47 bits per heavy atom. The SMILES string of the molecule is CC(C)NC(=O)CCN(CC#N)C1CCCC1. The minimum absolute atomic E-state index is 0.0842. The monoisotopic (exact) mass is 237 g/mol. The van der Waals surface area contributed by atoms with Crippen LogP contribution >= 0.6 is 0 Å². The molecule has 17 heavy (non-hydrogen) atoms. The molecule has 1 aliphatic carbocycles. The molecule has 0 aromatic heterocycles. The molecule has 0 saturated heterocycles. The third-order valence-corrected chi connectivity index (χ3v) is 3.19. The number of hydrogen-bond donors (Lipinski definition) is 1. The first kappa shape index (κ1) is 14.0. The molecule has 1 amide bonds. The third-order valence-electron chi connectivity index (χ3n) is 3.19. The van der Waals surface area contributed by atoms with Crippen molar-refractivity contribution in [1.29, 1.82) is 5.26 Å². The Morgan fingerprint density at radius 3 is 2.65 bits per heavy atom. The van der Waals surface area contributed by atoms with Gasteiger partial charge in [0, 0.05) is 25.0 Å². The molecule has 0 radical (unpaired) electrons. The fraction of sp³-hybridized carbons (Fsp3) is 0.846. The van der Waals surface area contributed by atoms with Crippen LogP contribution in [0.25, 0.3) is 0 Å². The number of amides is 1. The summed E-state index contributed by atoms with van der Waals surface area (Å²) >= 11 is 0. The zero-order valence-electron chi connectivity index (χ0n) is 10.9. The second kappa shape index (κ2) is 7.29. The number of nitrogens with zero attached hydrogens (tertiary/aromatic N) is 2. The lowest BCUT2D eigenvalue weighted by molar-refractivity contribution is -0.122. The van der Waals surface area contributed by atoms with Gasteiger partial charge >= 0.3 is 0 Å². The van der Waals surface area contributed by atoms with Crippen LogP contribution in [0.15, 0.2) is 0 Å². The van der Waals surface area contributed by atoms with Crippen molar-refractivity contribution in [2.45, 2.75) is 58.0 Å². The zero-order valence-corrected chi connectivity index (χ0v) is 10.9. The Hall–Kier alpha value is -1.08. The van der Waals surface area contributed by atoms with Gasteiger partial charge in [-0.3, -0.25) is 9.69 Å². The largest absolute Gasteiger partial charge is 0.354 e. The molecule has 1 aliphatic rings. The first-order valence-electron chi connectivity index (χ1n) is 6.54. The van der Waals surface area contributed by atoms with Crippen LogP contribution in [0.5, 0.6) is 0 Å². The second-order valence-corrected chi connectivity index (χ2v) is 5.04. The van der Waals surface area contributed by atoms with E-state index in [9.17, 15) is 4.79 Å².